The molecule has 1 aliphatic rings. The van der Waals surface area contributed by atoms with Crippen LogP contribution in [0.15, 0.2) is 29.3 Å². The van der Waals surface area contributed by atoms with Gasteiger partial charge in [0.1, 0.15) is 5.54 Å². The summed E-state index contributed by atoms with van der Waals surface area (Å²) in [5.74, 6) is 0. The predicted molar refractivity (Wildman–Crippen MR) is 53.3 cm³/mol. The number of hydrogen-bond donors (Lipinski definition) is 0. The molecular weight excluding hydrogens is 162 g/mol. The highest BCUT2D eigenvalue weighted by atomic mass is 16.5. The highest BCUT2D eigenvalue weighted by molar-refractivity contribution is 5.86. The second-order valence-corrected chi connectivity index (χ2v) is 3.55. The minimum Gasteiger partial charge on any atom is -0.382 e. The van der Waals surface area contributed by atoms with E-state index in [1.165, 1.54) is 11.1 Å². The average molecular weight is 175 g/mol. The van der Waals surface area contributed by atoms with E-state index in [1.807, 2.05) is 18.3 Å². The second kappa shape index (κ2) is 2.96. The third-order valence-corrected chi connectivity index (χ3v) is 2.45. The van der Waals surface area contributed by atoms with Gasteiger partial charge in [-0.2, -0.15) is 0 Å². The highest BCUT2D eigenvalue weighted by Crippen LogP contribution is 2.32. The monoisotopic (exact) mass is 175 g/mol. The highest BCUT2D eigenvalue weighted by Gasteiger charge is 2.30. The summed E-state index contributed by atoms with van der Waals surface area (Å²) in [4.78, 5) is 4.48. The normalized spacial score (nSPS) is 24.8. The van der Waals surface area contributed by atoms with E-state index < -0.39 is 0 Å². The fourth-order valence-corrected chi connectivity index (χ4v) is 1.78. The Labute approximate surface area is 78.3 Å². The molecule has 13 heavy (non-hydrogen) atoms. The van der Waals surface area contributed by atoms with Crippen LogP contribution in [0.2, 0.25) is 0 Å². The van der Waals surface area contributed by atoms with E-state index in [0.29, 0.717) is 6.61 Å². The van der Waals surface area contributed by atoms with Crippen LogP contribution in [0.4, 0.5) is 0 Å². The molecule has 0 amide bonds. The van der Waals surface area contributed by atoms with Crippen LogP contribution in [-0.2, 0) is 10.3 Å². The Morgan fingerprint density at radius 3 is 2.92 bits per heavy atom. The van der Waals surface area contributed by atoms with Gasteiger partial charge in [-0.25, -0.2) is 0 Å². The van der Waals surface area contributed by atoms with E-state index in [4.69, 9.17) is 4.74 Å². The Hall–Kier alpha value is -1.15. The fraction of sp³-hybridized carbons (Fsp3) is 0.364. The standard InChI is InChI=1S/C11H13NO/c1-11(8-13-2)10-6-4-3-5-9(10)7-12-11/h3-7H,8H2,1-2H3. The van der Waals surface area contributed by atoms with Gasteiger partial charge in [-0.15, -0.1) is 0 Å². The van der Waals surface area contributed by atoms with Gasteiger partial charge < -0.3 is 4.74 Å². The summed E-state index contributed by atoms with van der Waals surface area (Å²) in [7, 11) is 1.71. The van der Waals surface area contributed by atoms with Crippen molar-refractivity contribution >= 4 is 6.21 Å². The van der Waals surface area contributed by atoms with Crippen molar-refractivity contribution in [3.05, 3.63) is 35.4 Å². The van der Waals surface area contributed by atoms with Crippen LogP contribution in [-0.4, -0.2) is 19.9 Å². The molecule has 1 unspecified atom stereocenters. The van der Waals surface area contributed by atoms with Crippen molar-refractivity contribution in [1.82, 2.24) is 0 Å². The van der Waals surface area contributed by atoms with Gasteiger partial charge in [0.2, 0.25) is 0 Å². The summed E-state index contributed by atoms with van der Waals surface area (Å²) in [6.45, 7) is 2.74. The number of ether oxygens (including phenoxy) is 1. The maximum atomic E-state index is 5.17. The van der Waals surface area contributed by atoms with Gasteiger partial charge >= 0.3 is 0 Å². The molecule has 0 radical (unpaired) electrons. The van der Waals surface area contributed by atoms with E-state index >= 15 is 0 Å². The molecule has 68 valence electrons. The Kier molecular flexibility index (Phi) is 1.93. The molecule has 2 nitrogen and oxygen atoms in total. The van der Waals surface area contributed by atoms with Gasteiger partial charge in [0.15, 0.2) is 0 Å². The molecule has 0 saturated carbocycles. The Balaban J connectivity index is 2.42. The molecule has 0 fully saturated rings. The summed E-state index contributed by atoms with van der Waals surface area (Å²) in [6, 6.07) is 8.27. The Morgan fingerprint density at radius 1 is 1.38 bits per heavy atom. The van der Waals surface area contributed by atoms with Crippen LogP contribution in [0.1, 0.15) is 18.1 Å². The summed E-state index contributed by atoms with van der Waals surface area (Å²) in [6.07, 6.45) is 1.92. The second-order valence-electron chi connectivity index (χ2n) is 3.55. The first kappa shape index (κ1) is 8.45. The van der Waals surface area contributed by atoms with Crippen molar-refractivity contribution in [3.63, 3.8) is 0 Å². The lowest BCUT2D eigenvalue weighted by Gasteiger charge is -2.21. The SMILES string of the molecule is COCC1(C)N=Cc2ccccc21. The first-order valence-corrected chi connectivity index (χ1v) is 4.40. The maximum absolute atomic E-state index is 5.17. The molecule has 1 aromatic carbocycles. The van der Waals surface area contributed by atoms with Crippen LogP contribution in [0.25, 0.3) is 0 Å². The maximum Gasteiger partial charge on any atom is 0.107 e. The topological polar surface area (TPSA) is 21.6 Å². The van der Waals surface area contributed by atoms with Gasteiger partial charge in [-0.3, -0.25) is 4.99 Å². The zero-order chi connectivity index (χ0) is 9.31. The number of aliphatic imine (C=N–C) groups is 1. The molecule has 0 N–H and O–H groups in total. The van der Waals surface area contributed by atoms with E-state index in [-0.39, 0.29) is 5.54 Å². The average Bonchev–Trinajstić information content (AvgIpc) is 2.46. The Morgan fingerprint density at radius 2 is 2.15 bits per heavy atom. The lowest BCUT2D eigenvalue weighted by Crippen LogP contribution is -2.23. The van der Waals surface area contributed by atoms with Crippen molar-refractivity contribution < 1.29 is 4.74 Å². The Bertz CT molecular complexity index is 346. The van der Waals surface area contributed by atoms with Gasteiger partial charge in [-0.1, -0.05) is 24.3 Å². The number of hydrogen-bond acceptors (Lipinski definition) is 2. The fourth-order valence-electron chi connectivity index (χ4n) is 1.78. The minimum atomic E-state index is -0.175. The molecule has 0 bridgehead atoms. The third kappa shape index (κ3) is 1.27. The van der Waals surface area contributed by atoms with E-state index in [9.17, 15) is 0 Å². The summed E-state index contributed by atoms with van der Waals surface area (Å²) < 4.78 is 5.17. The van der Waals surface area contributed by atoms with Gasteiger partial charge in [0, 0.05) is 13.3 Å². The van der Waals surface area contributed by atoms with Gasteiger partial charge in [0.25, 0.3) is 0 Å². The largest absolute Gasteiger partial charge is 0.382 e. The molecule has 1 aromatic rings. The van der Waals surface area contributed by atoms with Gasteiger partial charge in [-0.05, 0) is 18.1 Å². The first-order valence-electron chi connectivity index (χ1n) is 4.40. The molecule has 1 aliphatic heterocycles. The smallest absolute Gasteiger partial charge is 0.107 e. The van der Waals surface area contributed by atoms with Crippen molar-refractivity contribution in [2.45, 2.75) is 12.5 Å². The quantitative estimate of drug-likeness (QED) is 0.673. The molecule has 1 heterocycles. The molecule has 2 heteroatoms. The lowest BCUT2D eigenvalue weighted by molar-refractivity contribution is 0.144. The minimum absolute atomic E-state index is 0.175. The van der Waals surface area contributed by atoms with Crippen LogP contribution in [0, 0.1) is 0 Å². The number of methoxy groups -OCH3 is 1. The van der Waals surface area contributed by atoms with Crippen molar-refractivity contribution in [2.75, 3.05) is 13.7 Å². The zero-order valence-corrected chi connectivity index (χ0v) is 7.95. The summed E-state index contributed by atoms with van der Waals surface area (Å²) >= 11 is 0. The predicted octanol–water partition coefficient (Wildman–Crippen LogP) is 1.98. The molecular formula is C11H13NO. The van der Waals surface area contributed by atoms with E-state index in [2.05, 4.69) is 24.0 Å². The number of benzene rings is 1. The van der Waals surface area contributed by atoms with Crippen LogP contribution in [0.3, 0.4) is 0 Å². The summed E-state index contributed by atoms with van der Waals surface area (Å²) in [5.41, 5.74) is 2.30. The molecule has 1 atom stereocenters. The van der Waals surface area contributed by atoms with Crippen LogP contribution in [0.5, 0.6) is 0 Å². The van der Waals surface area contributed by atoms with Crippen LogP contribution >= 0.6 is 0 Å². The molecule has 0 aliphatic carbocycles. The van der Waals surface area contributed by atoms with Crippen molar-refractivity contribution in [1.29, 1.82) is 0 Å². The van der Waals surface area contributed by atoms with Crippen molar-refractivity contribution in [2.24, 2.45) is 4.99 Å². The number of nitrogens with zero attached hydrogens (tertiary/aromatic N) is 1. The summed E-state index contributed by atoms with van der Waals surface area (Å²) in [5, 5.41) is 0. The first-order chi connectivity index (χ1) is 6.26. The number of fused-ring (bicyclic) bond motifs is 1. The van der Waals surface area contributed by atoms with Crippen LogP contribution < -0.4 is 0 Å². The third-order valence-electron chi connectivity index (χ3n) is 2.45. The van der Waals surface area contributed by atoms with E-state index in [1.54, 1.807) is 7.11 Å². The van der Waals surface area contributed by atoms with Crippen molar-refractivity contribution in [3.8, 4) is 0 Å². The van der Waals surface area contributed by atoms with E-state index in [0.717, 1.165) is 0 Å². The molecule has 0 aromatic heterocycles. The van der Waals surface area contributed by atoms with Gasteiger partial charge in [0.05, 0.1) is 6.61 Å². The zero-order valence-electron chi connectivity index (χ0n) is 7.95. The molecule has 0 saturated heterocycles. The lowest BCUT2D eigenvalue weighted by atomic mass is 9.93. The number of rotatable bonds is 2. The molecule has 2 rings (SSSR count). The molecule has 0 spiro atoms.